The normalized spacial score (nSPS) is 11.5. The minimum Gasteiger partial charge on any atom is -0.505 e. The third-order valence-corrected chi connectivity index (χ3v) is 3.97. The predicted molar refractivity (Wildman–Crippen MR) is 97.0 cm³/mol. The van der Waals surface area contributed by atoms with Gasteiger partial charge in [0.05, 0.1) is 10.6 Å². The molecular formula is C19H17N3O3. The van der Waals surface area contributed by atoms with Crippen LogP contribution in [0.1, 0.15) is 25.3 Å². The Morgan fingerprint density at radius 3 is 2.36 bits per heavy atom. The average molecular weight is 335 g/mol. The molecule has 0 aliphatic heterocycles. The third kappa shape index (κ3) is 3.33. The Labute approximate surface area is 144 Å². The topological polar surface area (TPSA) is 88.1 Å². The Bertz CT molecular complexity index is 964. The number of non-ortho nitro benzene ring substituents is 1. The van der Waals surface area contributed by atoms with Crippen molar-refractivity contribution in [3.63, 3.8) is 0 Å². The van der Waals surface area contributed by atoms with Gasteiger partial charge in [0, 0.05) is 17.5 Å². The second-order valence-corrected chi connectivity index (χ2v) is 6.01. The van der Waals surface area contributed by atoms with Crippen LogP contribution in [0.15, 0.2) is 64.8 Å². The van der Waals surface area contributed by atoms with Crippen LogP contribution in [0.25, 0.3) is 10.8 Å². The fourth-order valence-corrected chi connectivity index (χ4v) is 2.63. The van der Waals surface area contributed by atoms with Gasteiger partial charge in [-0.3, -0.25) is 10.1 Å². The Morgan fingerprint density at radius 2 is 1.72 bits per heavy atom. The molecule has 0 heterocycles. The Kier molecular flexibility index (Phi) is 4.43. The van der Waals surface area contributed by atoms with Gasteiger partial charge in [0.15, 0.2) is 0 Å². The van der Waals surface area contributed by atoms with Crippen LogP contribution in [0.3, 0.4) is 0 Å². The van der Waals surface area contributed by atoms with Crippen LogP contribution in [0.4, 0.5) is 17.1 Å². The number of hydrogen-bond donors (Lipinski definition) is 1. The highest BCUT2D eigenvalue weighted by Gasteiger charge is 2.14. The molecule has 0 unspecified atom stereocenters. The molecule has 0 bridgehead atoms. The van der Waals surface area contributed by atoms with E-state index in [1.807, 2.05) is 44.2 Å². The molecule has 0 fully saturated rings. The number of phenols is 1. The molecule has 3 aromatic carbocycles. The zero-order valence-electron chi connectivity index (χ0n) is 13.9. The van der Waals surface area contributed by atoms with Gasteiger partial charge in [-0.2, -0.15) is 5.11 Å². The van der Waals surface area contributed by atoms with E-state index in [0.29, 0.717) is 11.4 Å². The summed E-state index contributed by atoms with van der Waals surface area (Å²) < 4.78 is 0. The maximum Gasteiger partial charge on any atom is 0.269 e. The minimum absolute atomic E-state index is 0.00551. The summed E-state index contributed by atoms with van der Waals surface area (Å²) in [5.74, 6) is 0.247. The van der Waals surface area contributed by atoms with Gasteiger partial charge in [0.2, 0.25) is 0 Å². The summed E-state index contributed by atoms with van der Waals surface area (Å²) in [7, 11) is 0. The summed E-state index contributed by atoms with van der Waals surface area (Å²) in [6, 6.07) is 15.4. The number of hydrogen-bond acceptors (Lipinski definition) is 5. The van der Waals surface area contributed by atoms with Crippen LogP contribution in [-0.2, 0) is 0 Å². The molecule has 1 N–H and O–H groups in total. The molecule has 3 aromatic rings. The monoisotopic (exact) mass is 335 g/mol. The highest BCUT2D eigenvalue weighted by atomic mass is 16.6. The van der Waals surface area contributed by atoms with Gasteiger partial charge in [0.1, 0.15) is 11.4 Å². The fourth-order valence-electron chi connectivity index (χ4n) is 2.63. The van der Waals surface area contributed by atoms with Crippen molar-refractivity contribution in [1.82, 2.24) is 0 Å². The first kappa shape index (κ1) is 16.6. The maximum absolute atomic E-state index is 10.7. The summed E-state index contributed by atoms with van der Waals surface area (Å²) in [6.07, 6.45) is 0. The highest BCUT2D eigenvalue weighted by Crippen LogP contribution is 2.41. The molecule has 0 saturated carbocycles. The molecular weight excluding hydrogens is 318 g/mol. The van der Waals surface area contributed by atoms with Gasteiger partial charge in [-0.05, 0) is 35.1 Å². The van der Waals surface area contributed by atoms with Crippen LogP contribution in [-0.4, -0.2) is 10.0 Å². The van der Waals surface area contributed by atoms with E-state index in [-0.39, 0.29) is 17.4 Å². The SMILES string of the molecule is CC(C)c1cc2ccccc2c(N=Nc2ccc([N+](=O)[O-])cc2)c1O. The summed E-state index contributed by atoms with van der Waals surface area (Å²) >= 11 is 0. The zero-order chi connectivity index (χ0) is 18.0. The molecule has 0 aliphatic carbocycles. The molecule has 0 spiro atoms. The number of aromatic hydroxyl groups is 1. The van der Waals surface area contributed by atoms with Crippen molar-refractivity contribution in [2.24, 2.45) is 10.2 Å². The smallest absolute Gasteiger partial charge is 0.269 e. The number of nitro benzene ring substituents is 1. The number of nitro groups is 1. The molecule has 0 atom stereocenters. The molecule has 0 aromatic heterocycles. The quantitative estimate of drug-likeness (QED) is 0.360. The van der Waals surface area contributed by atoms with Gasteiger partial charge in [-0.1, -0.05) is 38.1 Å². The van der Waals surface area contributed by atoms with E-state index in [4.69, 9.17) is 0 Å². The lowest BCUT2D eigenvalue weighted by Crippen LogP contribution is -1.89. The van der Waals surface area contributed by atoms with E-state index >= 15 is 0 Å². The Morgan fingerprint density at radius 1 is 1.04 bits per heavy atom. The van der Waals surface area contributed by atoms with Crippen molar-refractivity contribution in [2.75, 3.05) is 0 Å². The summed E-state index contributed by atoms with van der Waals surface area (Å²) in [4.78, 5) is 10.2. The lowest BCUT2D eigenvalue weighted by atomic mass is 9.96. The number of azo groups is 1. The summed E-state index contributed by atoms with van der Waals surface area (Å²) in [6.45, 7) is 4.00. The lowest BCUT2D eigenvalue weighted by molar-refractivity contribution is -0.384. The second-order valence-electron chi connectivity index (χ2n) is 6.01. The second kappa shape index (κ2) is 6.68. The molecule has 0 radical (unpaired) electrons. The van der Waals surface area contributed by atoms with Gasteiger partial charge < -0.3 is 5.11 Å². The van der Waals surface area contributed by atoms with E-state index in [1.54, 1.807) is 0 Å². The Hall–Kier alpha value is -3.28. The summed E-state index contributed by atoms with van der Waals surface area (Å²) in [5.41, 5.74) is 1.68. The third-order valence-electron chi connectivity index (χ3n) is 3.97. The van der Waals surface area contributed by atoms with E-state index in [0.717, 1.165) is 16.3 Å². The number of nitrogens with zero attached hydrogens (tertiary/aromatic N) is 3. The molecule has 0 aliphatic rings. The highest BCUT2D eigenvalue weighted by molar-refractivity contribution is 5.96. The number of benzene rings is 3. The Balaban J connectivity index is 2.08. The first-order valence-electron chi connectivity index (χ1n) is 7.88. The van der Waals surface area contributed by atoms with Crippen molar-refractivity contribution in [3.8, 4) is 5.75 Å². The van der Waals surface area contributed by atoms with Crippen molar-refractivity contribution in [2.45, 2.75) is 19.8 Å². The number of rotatable bonds is 4. The maximum atomic E-state index is 10.7. The van der Waals surface area contributed by atoms with Gasteiger partial charge >= 0.3 is 0 Å². The summed E-state index contributed by atoms with van der Waals surface area (Å²) in [5, 5.41) is 31.4. The largest absolute Gasteiger partial charge is 0.505 e. The van der Waals surface area contributed by atoms with E-state index in [9.17, 15) is 15.2 Å². The van der Waals surface area contributed by atoms with Gasteiger partial charge in [0.25, 0.3) is 5.69 Å². The number of fused-ring (bicyclic) bond motifs is 1. The van der Waals surface area contributed by atoms with E-state index in [2.05, 4.69) is 10.2 Å². The average Bonchev–Trinajstić information content (AvgIpc) is 2.60. The van der Waals surface area contributed by atoms with Crippen LogP contribution in [0, 0.1) is 10.1 Å². The van der Waals surface area contributed by atoms with E-state index < -0.39 is 4.92 Å². The molecule has 6 nitrogen and oxygen atoms in total. The molecule has 6 heteroatoms. The van der Waals surface area contributed by atoms with Gasteiger partial charge in [-0.25, -0.2) is 0 Å². The van der Waals surface area contributed by atoms with Crippen molar-refractivity contribution in [3.05, 3.63) is 70.3 Å². The standard InChI is InChI=1S/C19H17N3O3/c1-12(2)17-11-13-5-3-4-6-16(13)18(19(17)23)21-20-14-7-9-15(10-8-14)22(24)25/h3-12,23H,1-2H3. The van der Waals surface area contributed by atoms with Crippen molar-refractivity contribution >= 4 is 27.8 Å². The first-order valence-corrected chi connectivity index (χ1v) is 7.88. The zero-order valence-corrected chi connectivity index (χ0v) is 13.9. The van der Waals surface area contributed by atoms with Crippen molar-refractivity contribution in [1.29, 1.82) is 0 Å². The first-order chi connectivity index (χ1) is 12.0. The minimum atomic E-state index is -0.466. The van der Waals surface area contributed by atoms with E-state index in [1.165, 1.54) is 24.3 Å². The van der Waals surface area contributed by atoms with Crippen molar-refractivity contribution < 1.29 is 10.0 Å². The molecule has 25 heavy (non-hydrogen) atoms. The van der Waals surface area contributed by atoms with Gasteiger partial charge in [-0.15, -0.1) is 5.11 Å². The lowest BCUT2D eigenvalue weighted by Gasteiger charge is -2.12. The fraction of sp³-hybridized carbons (Fsp3) is 0.158. The molecule has 126 valence electrons. The van der Waals surface area contributed by atoms with Crippen LogP contribution in [0.5, 0.6) is 5.75 Å². The van der Waals surface area contributed by atoms with Crippen LogP contribution < -0.4 is 0 Å². The predicted octanol–water partition coefficient (Wildman–Crippen LogP) is 5.99. The van der Waals surface area contributed by atoms with Crippen LogP contribution in [0.2, 0.25) is 0 Å². The molecule has 0 saturated heterocycles. The number of phenolic OH excluding ortho intramolecular Hbond substituents is 1. The van der Waals surface area contributed by atoms with Crippen LogP contribution >= 0.6 is 0 Å². The molecule has 3 rings (SSSR count). The molecule has 0 amide bonds.